The van der Waals surface area contributed by atoms with Crippen molar-refractivity contribution in [3.05, 3.63) is 84.7 Å². The van der Waals surface area contributed by atoms with Crippen molar-refractivity contribution in [3.63, 3.8) is 0 Å². The lowest BCUT2D eigenvalue weighted by molar-refractivity contribution is -0.385. The molecule has 0 saturated heterocycles. The first-order chi connectivity index (χ1) is 16.7. The Morgan fingerprint density at radius 2 is 1.78 bits per heavy atom. The molecule has 1 heterocycles. The molecule has 0 spiro atoms. The maximum Gasteiger partial charge on any atom is 0.431 e. The topological polar surface area (TPSA) is 143 Å². The molecule has 0 aliphatic rings. The van der Waals surface area contributed by atoms with Gasteiger partial charge in [-0.15, -0.1) is 0 Å². The van der Waals surface area contributed by atoms with Gasteiger partial charge in [0.2, 0.25) is 11.5 Å². The number of benzene rings is 2. The first-order valence-corrected chi connectivity index (χ1v) is 9.42. The van der Waals surface area contributed by atoms with Gasteiger partial charge in [-0.1, -0.05) is 6.07 Å². The third kappa shape index (κ3) is 5.01. The van der Waals surface area contributed by atoms with Gasteiger partial charge >= 0.3 is 23.5 Å². The maximum absolute atomic E-state index is 14.8. The van der Waals surface area contributed by atoms with E-state index in [1.807, 2.05) is 0 Å². The van der Waals surface area contributed by atoms with E-state index >= 15 is 0 Å². The van der Waals surface area contributed by atoms with Crippen molar-refractivity contribution in [2.75, 3.05) is 6.61 Å². The van der Waals surface area contributed by atoms with Gasteiger partial charge in [0, 0.05) is 19.2 Å². The van der Waals surface area contributed by atoms with Gasteiger partial charge < -0.3 is 14.6 Å². The number of hydrogen-bond acceptors (Lipinski definition) is 7. The van der Waals surface area contributed by atoms with Gasteiger partial charge in [0.25, 0.3) is 5.56 Å². The molecular formula is C20H12F5N3O8. The molecule has 1 aromatic heterocycles. The predicted octanol–water partition coefficient (Wildman–Crippen LogP) is 3.00. The molecule has 0 fully saturated rings. The molecule has 1 N–H and O–H groups in total. The van der Waals surface area contributed by atoms with Crippen LogP contribution in [0.4, 0.5) is 27.6 Å². The number of nitro groups is 1. The molecule has 3 aromatic rings. The minimum absolute atomic E-state index is 0.0114. The molecule has 11 nitrogen and oxygen atoms in total. The summed E-state index contributed by atoms with van der Waals surface area (Å²) in [5, 5.41) is 20.2. The van der Waals surface area contributed by atoms with E-state index in [4.69, 9.17) is 14.6 Å². The minimum atomic E-state index is -5.11. The van der Waals surface area contributed by atoms with Gasteiger partial charge in [-0.05, 0) is 12.1 Å². The molecule has 0 saturated carbocycles. The van der Waals surface area contributed by atoms with Crippen molar-refractivity contribution in [3.8, 4) is 22.9 Å². The van der Waals surface area contributed by atoms with E-state index in [1.54, 1.807) is 0 Å². The van der Waals surface area contributed by atoms with Crippen LogP contribution in [-0.2, 0) is 18.0 Å². The third-order valence-corrected chi connectivity index (χ3v) is 4.57. The van der Waals surface area contributed by atoms with Crippen LogP contribution in [0.25, 0.3) is 5.69 Å². The molecule has 0 unspecified atom stereocenters. The lowest BCUT2D eigenvalue weighted by atomic mass is 10.2. The molecule has 0 bridgehead atoms. The summed E-state index contributed by atoms with van der Waals surface area (Å²) in [6.07, 6.45) is -5.11. The highest BCUT2D eigenvalue weighted by Gasteiger charge is 2.35. The summed E-state index contributed by atoms with van der Waals surface area (Å²) in [6.45, 7) is -0.965. The highest BCUT2D eigenvalue weighted by atomic mass is 19.4. The van der Waals surface area contributed by atoms with E-state index in [9.17, 15) is 46.5 Å². The number of nitro benzene ring substituents is 1. The van der Waals surface area contributed by atoms with Gasteiger partial charge in [-0.25, -0.2) is 22.9 Å². The number of rotatable bonds is 7. The number of hydrogen-bond donors (Lipinski definition) is 1. The first kappa shape index (κ1) is 25.9. The van der Waals surface area contributed by atoms with Crippen LogP contribution in [-0.4, -0.2) is 31.7 Å². The van der Waals surface area contributed by atoms with Gasteiger partial charge in [-0.2, -0.15) is 13.2 Å². The molecule has 0 aliphatic heterocycles. The standard InChI is InChI=1S/C20H12F5N3O8/c1-26-15(20(23,24)25)7-16(29)27(19(26)32)11-6-14(12(28(33)34)5-10(11)22)36-18-9(21)3-2-4-13(18)35-8-17(30)31/h2-7H,8H2,1H3,(H,30,31). The van der Waals surface area contributed by atoms with Gasteiger partial charge in [0.05, 0.1) is 16.7 Å². The largest absolute Gasteiger partial charge is 0.479 e. The fraction of sp³-hybridized carbons (Fsp3) is 0.150. The summed E-state index contributed by atoms with van der Waals surface area (Å²) in [6, 6.07) is 3.60. The molecule has 2 aromatic carbocycles. The minimum Gasteiger partial charge on any atom is -0.479 e. The summed E-state index contributed by atoms with van der Waals surface area (Å²) in [4.78, 5) is 45.9. The van der Waals surface area contributed by atoms with E-state index in [0.717, 1.165) is 18.2 Å². The Morgan fingerprint density at radius 1 is 1.11 bits per heavy atom. The van der Waals surface area contributed by atoms with Crippen LogP contribution in [0.15, 0.2) is 46.0 Å². The Morgan fingerprint density at radius 3 is 2.36 bits per heavy atom. The van der Waals surface area contributed by atoms with Gasteiger partial charge in [-0.3, -0.25) is 19.5 Å². The van der Waals surface area contributed by atoms with Crippen LogP contribution < -0.4 is 20.7 Å². The zero-order valence-corrected chi connectivity index (χ0v) is 17.7. The normalized spacial score (nSPS) is 11.3. The number of ether oxygens (including phenoxy) is 2. The number of nitrogens with zero attached hydrogens (tertiary/aromatic N) is 3. The van der Waals surface area contributed by atoms with Crippen LogP contribution >= 0.6 is 0 Å². The lowest BCUT2D eigenvalue weighted by Gasteiger charge is -2.16. The number of alkyl halides is 3. The Hall–Kier alpha value is -4.76. The zero-order chi connectivity index (χ0) is 26.9. The summed E-state index contributed by atoms with van der Waals surface area (Å²) in [7, 11) is 0.660. The highest BCUT2D eigenvalue weighted by molar-refractivity contribution is 5.68. The number of aromatic nitrogens is 2. The number of halogens is 5. The molecule has 190 valence electrons. The Balaban J connectivity index is 2.24. The van der Waals surface area contributed by atoms with Crippen LogP contribution in [0.5, 0.6) is 17.2 Å². The van der Waals surface area contributed by atoms with Crippen molar-refractivity contribution in [1.29, 1.82) is 0 Å². The van der Waals surface area contributed by atoms with E-state index in [1.165, 1.54) is 0 Å². The number of aliphatic carboxylic acids is 1. The van der Waals surface area contributed by atoms with E-state index in [0.29, 0.717) is 13.1 Å². The van der Waals surface area contributed by atoms with Crippen LogP contribution in [0, 0.1) is 21.7 Å². The van der Waals surface area contributed by atoms with Crippen molar-refractivity contribution >= 4 is 11.7 Å². The van der Waals surface area contributed by atoms with E-state index in [-0.39, 0.29) is 21.3 Å². The van der Waals surface area contributed by atoms with Crippen molar-refractivity contribution < 1.29 is 46.3 Å². The summed E-state index contributed by atoms with van der Waals surface area (Å²) in [5.41, 5.74) is -7.08. The van der Waals surface area contributed by atoms with Gasteiger partial charge in [0.1, 0.15) is 5.69 Å². The molecule has 36 heavy (non-hydrogen) atoms. The second kappa shape index (κ2) is 9.47. The van der Waals surface area contributed by atoms with Crippen LogP contribution in [0.1, 0.15) is 5.69 Å². The van der Waals surface area contributed by atoms with Crippen molar-refractivity contribution in [2.24, 2.45) is 7.05 Å². The molecule has 0 atom stereocenters. The van der Waals surface area contributed by atoms with Crippen molar-refractivity contribution in [2.45, 2.75) is 6.18 Å². The molecule has 0 aliphatic carbocycles. The average molecular weight is 517 g/mol. The van der Waals surface area contributed by atoms with Crippen LogP contribution in [0.3, 0.4) is 0 Å². The maximum atomic E-state index is 14.8. The van der Waals surface area contributed by atoms with E-state index < -0.39 is 80.9 Å². The van der Waals surface area contributed by atoms with E-state index in [2.05, 4.69) is 0 Å². The Labute approximate surface area is 195 Å². The molecule has 0 radical (unpaired) electrons. The van der Waals surface area contributed by atoms with Crippen LogP contribution in [0.2, 0.25) is 0 Å². The second-order valence-corrected chi connectivity index (χ2v) is 6.92. The number of carboxylic acid groups (broad SMARTS) is 1. The first-order valence-electron chi connectivity index (χ1n) is 9.42. The third-order valence-electron chi connectivity index (χ3n) is 4.57. The van der Waals surface area contributed by atoms with Crippen molar-refractivity contribution in [1.82, 2.24) is 9.13 Å². The summed E-state index contributed by atoms with van der Waals surface area (Å²) < 4.78 is 78.5. The fourth-order valence-corrected chi connectivity index (χ4v) is 3.00. The number of carbonyl (C=O) groups is 1. The van der Waals surface area contributed by atoms with Gasteiger partial charge in [0.15, 0.2) is 24.0 Å². The smallest absolute Gasteiger partial charge is 0.431 e. The molecular weight excluding hydrogens is 505 g/mol. The summed E-state index contributed by atoms with van der Waals surface area (Å²) in [5.74, 6) is -6.56. The molecule has 0 amide bonds. The fourth-order valence-electron chi connectivity index (χ4n) is 3.00. The Kier molecular flexibility index (Phi) is 6.80. The quantitative estimate of drug-likeness (QED) is 0.286. The molecule has 16 heteroatoms. The number of para-hydroxylation sites is 1. The predicted molar refractivity (Wildman–Crippen MR) is 108 cm³/mol. The number of carboxylic acids is 1. The molecule has 3 rings (SSSR count). The second-order valence-electron chi connectivity index (χ2n) is 6.92. The average Bonchev–Trinajstić information content (AvgIpc) is 2.77. The zero-order valence-electron chi connectivity index (χ0n) is 17.7. The SMILES string of the molecule is Cn1c(C(F)(F)F)cc(=O)n(-c2cc(Oc3c(F)cccc3OCC(=O)O)c([N+](=O)[O-])cc2F)c1=O. The lowest BCUT2D eigenvalue weighted by Crippen LogP contribution is -2.41. The Bertz CT molecular complexity index is 1500. The monoisotopic (exact) mass is 517 g/mol. The summed E-state index contributed by atoms with van der Waals surface area (Å²) >= 11 is 0. The highest BCUT2D eigenvalue weighted by Crippen LogP contribution is 2.39.